The van der Waals surface area contributed by atoms with Crippen LogP contribution in [-0.2, 0) is 6.42 Å². The molecule has 0 saturated heterocycles. The molecule has 0 saturated carbocycles. The summed E-state index contributed by atoms with van der Waals surface area (Å²) < 4.78 is 5.03. The van der Waals surface area contributed by atoms with Gasteiger partial charge in [0.05, 0.1) is 6.04 Å². The van der Waals surface area contributed by atoms with Crippen molar-refractivity contribution >= 4 is 11.7 Å². The molecule has 4 N–H and O–H groups in total. The van der Waals surface area contributed by atoms with Gasteiger partial charge in [-0.25, -0.2) is 14.7 Å². The molecule has 0 aliphatic rings. The largest absolute Gasteiger partial charge is 0.359 e. The quantitative estimate of drug-likeness (QED) is 0.562. The van der Waals surface area contributed by atoms with Gasteiger partial charge >= 0.3 is 11.7 Å². The number of aryl methyl sites for hydroxylation is 2. The second kappa shape index (κ2) is 7.04. The Balaban J connectivity index is 1.77. The van der Waals surface area contributed by atoms with Crippen LogP contribution in [0.5, 0.6) is 0 Å². The van der Waals surface area contributed by atoms with Gasteiger partial charge in [-0.2, -0.15) is 5.10 Å². The minimum absolute atomic E-state index is 0.350. The topological polar surface area (TPSA) is 129 Å². The van der Waals surface area contributed by atoms with E-state index < -0.39 is 17.8 Å². The Morgan fingerprint density at radius 3 is 2.64 bits per heavy atom. The zero-order valence-electron chi connectivity index (χ0n) is 13.8. The van der Waals surface area contributed by atoms with Gasteiger partial charge in [-0.1, -0.05) is 35.5 Å². The molecule has 2 amide bonds. The monoisotopic (exact) mass is 342 g/mol. The van der Waals surface area contributed by atoms with E-state index in [2.05, 4.69) is 31.0 Å². The number of benzene rings is 1. The molecule has 3 aromatic rings. The molecule has 9 heteroatoms. The lowest BCUT2D eigenvalue weighted by molar-refractivity contribution is 0.248. The fourth-order valence-electron chi connectivity index (χ4n) is 2.48. The number of amides is 2. The van der Waals surface area contributed by atoms with Crippen molar-refractivity contribution in [3.05, 3.63) is 63.7 Å². The minimum atomic E-state index is -0.512. The third kappa shape index (κ3) is 3.94. The van der Waals surface area contributed by atoms with E-state index in [4.69, 9.17) is 4.52 Å². The average Bonchev–Trinajstić information content (AvgIpc) is 3.16. The highest BCUT2D eigenvalue weighted by Crippen LogP contribution is 2.19. The number of H-pyrrole nitrogens is 2. The molecule has 0 fully saturated rings. The van der Waals surface area contributed by atoms with Crippen molar-refractivity contribution < 1.29 is 9.32 Å². The van der Waals surface area contributed by atoms with E-state index >= 15 is 0 Å². The summed E-state index contributed by atoms with van der Waals surface area (Å²) in [5.74, 6) is 0.864. The maximum absolute atomic E-state index is 12.4. The molecule has 3 rings (SSSR count). The van der Waals surface area contributed by atoms with E-state index in [1.165, 1.54) is 0 Å². The molecule has 9 nitrogen and oxygen atoms in total. The van der Waals surface area contributed by atoms with Crippen molar-refractivity contribution in [2.45, 2.75) is 26.3 Å². The van der Waals surface area contributed by atoms with Gasteiger partial charge in [0.15, 0.2) is 11.6 Å². The first-order valence-corrected chi connectivity index (χ1v) is 7.72. The van der Waals surface area contributed by atoms with Gasteiger partial charge in [0, 0.05) is 6.42 Å². The second-order valence-corrected chi connectivity index (χ2v) is 5.60. The number of urea groups is 1. The fourth-order valence-corrected chi connectivity index (χ4v) is 2.48. The molecule has 0 bridgehead atoms. The summed E-state index contributed by atoms with van der Waals surface area (Å²) >= 11 is 0. The molecular formula is C16H18N6O3. The fraction of sp³-hybridized carbons (Fsp3) is 0.250. The highest BCUT2D eigenvalue weighted by molar-refractivity contribution is 5.90. The molecule has 1 atom stereocenters. The molecule has 2 heterocycles. The molecular weight excluding hydrogens is 324 g/mol. The maximum atomic E-state index is 12.4. The standard InChI is InChI=1S/C16H18N6O3/c1-9-13(10(2)25-22-9)18-15(23)17-12(14-19-16(24)21-20-14)8-11-6-4-3-5-7-11/h3-7,12H,8H2,1-2H3,(H2,17,18,23)(H2,19,20,21,24). The predicted octanol–water partition coefficient (Wildman–Crippen LogP) is 1.81. The normalized spacial score (nSPS) is 11.9. The van der Waals surface area contributed by atoms with E-state index in [9.17, 15) is 9.59 Å². The van der Waals surface area contributed by atoms with Crippen LogP contribution in [-0.4, -0.2) is 26.4 Å². The lowest BCUT2D eigenvalue weighted by Gasteiger charge is -2.17. The van der Waals surface area contributed by atoms with Crippen molar-refractivity contribution in [3.8, 4) is 0 Å². The lowest BCUT2D eigenvalue weighted by atomic mass is 10.1. The number of rotatable bonds is 5. The molecule has 130 valence electrons. The van der Waals surface area contributed by atoms with Crippen molar-refractivity contribution in [2.24, 2.45) is 0 Å². The first-order chi connectivity index (χ1) is 12.0. The third-order valence-corrected chi connectivity index (χ3v) is 3.71. The van der Waals surface area contributed by atoms with E-state index in [1.807, 2.05) is 30.3 Å². The van der Waals surface area contributed by atoms with Crippen LogP contribution in [0.25, 0.3) is 0 Å². The molecule has 2 aromatic heterocycles. The summed E-state index contributed by atoms with van der Waals surface area (Å²) in [5.41, 5.74) is 1.67. The Morgan fingerprint density at radius 1 is 1.28 bits per heavy atom. The van der Waals surface area contributed by atoms with E-state index in [0.717, 1.165) is 5.56 Å². The number of anilines is 1. The summed E-state index contributed by atoms with van der Waals surface area (Å²) in [6.45, 7) is 3.45. The highest BCUT2D eigenvalue weighted by atomic mass is 16.5. The number of nitrogens with zero attached hydrogens (tertiary/aromatic N) is 2. The van der Waals surface area contributed by atoms with Gasteiger partial charge in [0.1, 0.15) is 11.4 Å². The Kier molecular flexibility index (Phi) is 4.64. The lowest BCUT2D eigenvalue weighted by Crippen LogP contribution is -2.34. The first kappa shape index (κ1) is 16.5. The third-order valence-electron chi connectivity index (χ3n) is 3.71. The van der Waals surface area contributed by atoms with E-state index in [-0.39, 0.29) is 0 Å². The summed E-state index contributed by atoms with van der Waals surface area (Å²) in [4.78, 5) is 26.3. The van der Waals surface area contributed by atoms with Crippen LogP contribution in [0.2, 0.25) is 0 Å². The van der Waals surface area contributed by atoms with Gasteiger partial charge < -0.3 is 15.2 Å². The SMILES string of the molecule is Cc1noc(C)c1NC(=O)NC(Cc1ccccc1)c1n[nH]c(=O)[nH]1. The van der Waals surface area contributed by atoms with Gasteiger partial charge in [-0.3, -0.25) is 4.98 Å². The van der Waals surface area contributed by atoms with Crippen LogP contribution in [0.1, 0.15) is 28.9 Å². The molecule has 0 radical (unpaired) electrons. The average molecular weight is 342 g/mol. The number of carbonyl (C=O) groups excluding carboxylic acids is 1. The highest BCUT2D eigenvalue weighted by Gasteiger charge is 2.20. The Hall–Kier alpha value is -3.36. The van der Waals surface area contributed by atoms with Crippen LogP contribution in [0.3, 0.4) is 0 Å². The van der Waals surface area contributed by atoms with Gasteiger partial charge in [0.25, 0.3) is 0 Å². The van der Waals surface area contributed by atoms with Gasteiger partial charge in [0.2, 0.25) is 0 Å². The summed E-state index contributed by atoms with van der Waals surface area (Å²) in [6, 6.07) is 8.64. The Bertz CT molecular complexity index is 892. The number of aromatic amines is 2. The smallest absolute Gasteiger partial charge is 0.340 e. The zero-order valence-corrected chi connectivity index (χ0v) is 13.8. The summed E-state index contributed by atoms with van der Waals surface area (Å²) in [7, 11) is 0. The van der Waals surface area contributed by atoms with Crippen LogP contribution in [0.15, 0.2) is 39.6 Å². The van der Waals surface area contributed by atoms with Crippen LogP contribution in [0, 0.1) is 13.8 Å². The molecule has 0 aliphatic heterocycles. The number of nitrogens with one attached hydrogen (secondary N) is 4. The molecule has 0 aliphatic carbocycles. The van der Waals surface area contributed by atoms with E-state index in [1.54, 1.807) is 13.8 Å². The predicted molar refractivity (Wildman–Crippen MR) is 90.2 cm³/mol. The number of carbonyl (C=O) groups is 1. The summed E-state index contributed by atoms with van der Waals surface area (Å²) in [5, 5.41) is 15.6. The van der Waals surface area contributed by atoms with Crippen LogP contribution < -0.4 is 16.3 Å². The molecule has 0 spiro atoms. The number of hydrogen-bond acceptors (Lipinski definition) is 5. The van der Waals surface area contributed by atoms with Crippen LogP contribution >= 0.6 is 0 Å². The Labute approximate surface area is 142 Å². The first-order valence-electron chi connectivity index (χ1n) is 7.72. The summed E-state index contributed by atoms with van der Waals surface area (Å²) in [6.07, 6.45) is 0.469. The van der Waals surface area contributed by atoms with Crippen molar-refractivity contribution in [1.29, 1.82) is 0 Å². The molecule has 1 aromatic carbocycles. The second-order valence-electron chi connectivity index (χ2n) is 5.60. The van der Waals surface area contributed by atoms with Crippen molar-refractivity contribution in [1.82, 2.24) is 25.7 Å². The van der Waals surface area contributed by atoms with Gasteiger partial charge in [-0.15, -0.1) is 0 Å². The zero-order chi connectivity index (χ0) is 17.8. The van der Waals surface area contributed by atoms with Crippen molar-refractivity contribution in [2.75, 3.05) is 5.32 Å². The Morgan fingerprint density at radius 2 is 2.04 bits per heavy atom. The maximum Gasteiger partial charge on any atom is 0.340 e. The minimum Gasteiger partial charge on any atom is -0.359 e. The number of aromatic nitrogens is 4. The van der Waals surface area contributed by atoms with Crippen LogP contribution in [0.4, 0.5) is 10.5 Å². The van der Waals surface area contributed by atoms with Crippen molar-refractivity contribution in [3.63, 3.8) is 0 Å². The van der Waals surface area contributed by atoms with E-state index in [0.29, 0.717) is 29.4 Å². The van der Waals surface area contributed by atoms with Gasteiger partial charge in [-0.05, 0) is 19.4 Å². The number of hydrogen-bond donors (Lipinski definition) is 4. The molecule has 25 heavy (non-hydrogen) atoms. The molecule has 1 unspecified atom stereocenters.